The van der Waals surface area contributed by atoms with Crippen molar-refractivity contribution in [1.29, 1.82) is 0 Å². The SMILES string of the molecule is [C-]#[N+]c1ccc(Nc2ncnc(OC3C[C@@H]4CC[C@@H](C3)N4S(C)(=O)=O)c2C)c(Cl)c1. The van der Waals surface area contributed by atoms with Crippen LogP contribution < -0.4 is 10.1 Å². The summed E-state index contributed by atoms with van der Waals surface area (Å²) in [4.78, 5) is 11.9. The molecule has 0 aliphatic carbocycles. The fourth-order valence-electron chi connectivity index (χ4n) is 4.36. The predicted octanol–water partition coefficient (Wildman–Crippen LogP) is 4.07. The summed E-state index contributed by atoms with van der Waals surface area (Å²) in [7, 11) is -3.21. The lowest BCUT2D eigenvalue weighted by Crippen LogP contribution is -2.48. The number of hydrogen-bond donors (Lipinski definition) is 1. The van der Waals surface area contributed by atoms with Gasteiger partial charge in [0.15, 0.2) is 5.69 Å². The number of piperidine rings is 1. The normalized spacial score (nSPS) is 23.7. The molecule has 2 fully saturated rings. The average Bonchev–Trinajstić information content (AvgIpc) is 2.98. The number of nitrogens with one attached hydrogen (secondary N) is 1. The summed E-state index contributed by atoms with van der Waals surface area (Å²) in [6, 6.07) is 4.99. The number of ether oxygens (including phenoxy) is 1. The molecule has 30 heavy (non-hydrogen) atoms. The summed E-state index contributed by atoms with van der Waals surface area (Å²) in [5.41, 5.74) is 1.83. The number of sulfonamides is 1. The van der Waals surface area contributed by atoms with Crippen molar-refractivity contribution in [2.75, 3.05) is 11.6 Å². The van der Waals surface area contributed by atoms with Crippen LogP contribution in [0, 0.1) is 13.5 Å². The summed E-state index contributed by atoms with van der Waals surface area (Å²) in [6.45, 7) is 8.93. The number of aromatic nitrogens is 2. The number of hydrogen-bond acceptors (Lipinski definition) is 6. The first-order chi connectivity index (χ1) is 14.3. The number of benzene rings is 1. The van der Waals surface area contributed by atoms with E-state index in [0.717, 1.165) is 18.4 Å². The van der Waals surface area contributed by atoms with E-state index in [9.17, 15) is 8.42 Å². The molecule has 2 saturated heterocycles. The molecule has 2 bridgehead atoms. The summed E-state index contributed by atoms with van der Waals surface area (Å²) >= 11 is 6.26. The zero-order valence-corrected chi connectivity index (χ0v) is 18.2. The Kier molecular flexibility index (Phi) is 5.57. The summed E-state index contributed by atoms with van der Waals surface area (Å²) in [6.07, 6.45) is 5.65. The second-order valence-corrected chi connectivity index (χ2v) is 10.0. The highest BCUT2D eigenvalue weighted by atomic mass is 35.5. The van der Waals surface area contributed by atoms with Gasteiger partial charge in [-0.15, -0.1) is 0 Å². The first-order valence-corrected chi connectivity index (χ1v) is 11.9. The third-order valence-corrected chi connectivity index (χ3v) is 7.33. The van der Waals surface area contributed by atoms with E-state index in [0.29, 0.717) is 40.9 Å². The molecule has 1 aromatic heterocycles. The molecule has 3 heterocycles. The van der Waals surface area contributed by atoms with Gasteiger partial charge in [-0.2, -0.15) is 4.31 Å². The molecule has 2 aliphatic rings. The topological polar surface area (TPSA) is 88.8 Å². The van der Waals surface area contributed by atoms with Crippen molar-refractivity contribution in [3.8, 4) is 5.88 Å². The molecule has 0 radical (unpaired) electrons. The van der Waals surface area contributed by atoms with Gasteiger partial charge in [0.2, 0.25) is 15.9 Å². The Morgan fingerprint density at radius 2 is 1.97 bits per heavy atom. The van der Waals surface area contributed by atoms with Crippen molar-refractivity contribution < 1.29 is 13.2 Å². The Morgan fingerprint density at radius 3 is 2.57 bits per heavy atom. The highest BCUT2D eigenvalue weighted by Gasteiger charge is 2.46. The van der Waals surface area contributed by atoms with Crippen molar-refractivity contribution in [2.45, 2.75) is 50.8 Å². The van der Waals surface area contributed by atoms with Gasteiger partial charge in [-0.3, -0.25) is 0 Å². The van der Waals surface area contributed by atoms with E-state index < -0.39 is 10.0 Å². The fourth-order valence-corrected chi connectivity index (χ4v) is 6.05. The van der Waals surface area contributed by atoms with Gasteiger partial charge < -0.3 is 10.1 Å². The number of halogens is 1. The fraction of sp³-hybridized carbons (Fsp3) is 0.450. The van der Waals surface area contributed by atoms with Crippen LogP contribution in [0.2, 0.25) is 5.02 Å². The maximum atomic E-state index is 12.1. The molecule has 2 atom stereocenters. The number of nitrogens with zero attached hydrogens (tertiary/aromatic N) is 4. The first kappa shape index (κ1) is 20.8. The third kappa shape index (κ3) is 4.08. The van der Waals surface area contributed by atoms with Gasteiger partial charge >= 0.3 is 0 Å². The van der Waals surface area contributed by atoms with Crippen LogP contribution in [0.1, 0.15) is 31.2 Å². The molecule has 2 aromatic rings. The van der Waals surface area contributed by atoms with E-state index in [1.165, 1.54) is 12.6 Å². The molecular weight excluding hydrogens is 426 g/mol. The molecule has 10 heteroatoms. The van der Waals surface area contributed by atoms with E-state index in [-0.39, 0.29) is 18.2 Å². The standard InChI is InChI=1S/C20H22ClN5O3S/c1-12-19(25-18-7-4-13(22-2)8-17(18)21)23-11-24-20(12)29-16-9-14-5-6-15(10-16)26(14)30(3,27)28/h4,7-8,11,14-16H,5-6,9-10H2,1,3H3,(H,23,24,25)/t14-,15-/m0/s1. The van der Waals surface area contributed by atoms with E-state index in [2.05, 4.69) is 20.1 Å². The van der Waals surface area contributed by atoms with Crippen molar-refractivity contribution in [1.82, 2.24) is 14.3 Å². The molecule has 2 aliphatic heterocycles. The molecule has 1 aromatic carbocycles. The Bertz CT molecular complexity index is 1100. The van der Waals surface area contributed by atoms with Crippen LogP contribution in [0.3, 0.4) is 0 Å². The highest BCUT2D eigenvalue weighted by molar-refractivity contribution is 7.88. The smallest absolute Gasteiger partial charge is 0.221 e. The minimum atomic E-state index is -3.21. The molecule has 8 nitrogen and oxygen atoms in total. The molecule has 0 amide bonds. The van der Waals surface area contributed by atoms with Crippen molar-refractivity contribution in [2.24, 2.45) is 0 Å². The van der Waals surface area contributed by atoms with Crippen molar-refractivity contribution in [3.63, 3.8) is 0 Å². The van der Waals surface area contributed by atoms with Crippen LogP contribution in [0.5, 0.6) is 5.88 Å². The molecule has 0 saturated carbocycles. The van der Waals surface area contributed by atoms with Crippen LogP contribution in [0.25, 0.3) is 4.85 Å². The Hall–Kier alpha value is -2.41. The largest absolute Gasteiger partial charge is 0.474 e. The minimum Gasteiger partial charge on any atom is -0.474 e. The van der Waals surface area contributed by atoms with Gasteiger partial charge in [-0.05, 0) is 31.9 Å². The van der Waals surface area contributed by atoms with Crippen LogP contribution in [0.4, 0.5) is 17.2 Å². The van der Waals surface area contributed by atoms with E-state index >= 15 is 0 Å². The predicted molar refractivity (Wildman–Crippen MR) is 115 cm³/mol. The van der Waals surface area contributed by atoms with Gasteiger partial charge in [-0.1, -0.05) is 17.7 Å². The van der Waals surface area contributed by atoms with Gasteiger partial charge in [0.25, 0.3) is 0 Å². The van der Waals surface area contributed by atoms with Crippen molar-refractivity contribution >= 4 is 38.8 Å². The lowest BCUT2D eigenvalue weighted by molar-refractivity contribution is 0.0915. The monoisotopic (exact) mass is 447 g/mol. The van der Waals surface area contributed by atoms with Gasteiger partial charge in [-0.25, -0.2) is 23.2 Å². The second kappa shape index (κ2) is 8.02. The lowest BCUT2D eigenvalue weighted by Gasteiger charge is -2.37. The van der Waals surface area contributed by atoms with E-state index in [4.69, 9.17) is 22.9 Å². The summed E-state index contributed by atoms with van der Waals surface area (Å²) in [5, 5.41) is 3.60. The average molecular weight is 448 g/mol. The zero-order chi connectivity index (χ0) is 21.5. The number of fused-ring (bicyclic) bond motifs is 2. The number of anilines is 2. The quantitative estimate of drug-likeness (QED) is 0.695. The maximum Gasteiger partial charge on any atom is 0.221 e. The van der Waals surface area contributed by atoms with Crippen LogP contribution >= 0.6 is 11.6 Å². The van der Waals surface area contributed by atoms with Gasteiger partial charge in [0.05, 0.1) is 29.1 Å². The molecule has 1 N–H and O–H groups in total. The molecule has 158 valence electrons. The zero-order valence-electron chi connectivity index (χ0n) is 16.7. The summed E-state index contributed by atoms with van der Waals surface area (Å²) < 4.78 is 32.0. The van der Waals surface area contributed by atoms with Gasteiger partial charge in [0, 0.05) is 24.9 Å². The first-order valence-electron chi connectivity index (χ1n) is 9.67. The van der Waals surface area contributed by atoms with Gasteiger partial charge in [0.1, 0.15) is 18.2 Å². The number of rotatable bonds is 5. The Morgan fingerprint density at radius 1 is 1.27 bits per heavy atom. The van der Waals surface area contributed by atoms with Crippen LogP contribution in [-0.4, -0.2) is 47.1 Å². The van der Waals surface area contributed by atoms with Crippen LogP contribution in [-0.2, 0) is 10.0 Å². The Balaban J connectivity index is 1.50. The molecule has 4 rings (SSSR count). The second-order valence-electron chi connectivity index (χ2n) is 7.74. The van der Waals surface area contributed by atoms with Crippen molar-refractivity contribution in [3.05, 3.63) is 46.5 Å². The van der Waals surface area contributed by atoms with Crippen LogP contribution in [0.15, 0.2) is 24.5 Å². The Labute approximate surface area is 181 Å². The maximum absolute atomic E-state index is 12.1. The van der Waals surface area contributed by atoms with E-state index in [1.807, 2.05) is 6.92 Å². The molecule has 0 spiro atoms. The lowest BCUT2D eigenvalue weighted by atomic mass is 10.0. The molecular formula is C20H22ClN5O3S. The third-order valence-electron chi connectivity index (χ3n) is 5.66. The molecule has 0 unspecified atom stereocenters. The summed E-state index contributed by atoms with van der Waals surface area (Å²) in [5.74, 6) is 1.03. The highest BCUT2D eigenvalue weighted by Crippen LogP contribution is 2.39. The minimum absolute atomic E-state index is 0.0109. The van der Waals surface area contributed by atoms with E-state index in [1.54, 1.807) is 22.5 Å².